The standard InChI is InChI=1S/C55H61NO7/c1-5-6-24-44-36-56-53(61-44)55(32-33-55)49(63-52(59)42-21-14-9-15-22-42)30-25-37(2)46-28-29-47-39(23-16-31-54(46,47)4)26-27-43-34-45(60-50(57)40-17-10-7-11-18-40)35-48(38(43)3)62-51(58)41-19-12-8-13-20-41/h7-15,17-22,25-27,30,36-37,45-49H,3,5-6,16,23-24,28-29,31-35H2,1-2,4H3/t37-,45-,46-,47+,48+,49-,54-/m1/s1. The van der Waals surface area contributed by atoms with Crippen LogP contribution < -0.4 is 0 Å². The van der Waals surface area contributed by atoms with E-state index in [9.17, 15) is 14.4 Å². The Morgan fingerprint density at radius 2 is 1.48 bits per heavy atom. The number of hydrogen-bond donors (Lipinski definition) is 0. The van der Waals surface area contributed by atoms with Gasteiger partial charge >= 0.3 is 17.9 Å². The summed E-state index contributed by atoms with van der Waals surface area (Å²) in [5.74, 6) is 1.48. The summed E-state index contributed by atoms with van der Waals surface area (Å²) in [6.45, 7) is 11.4. The minimum Gasteiger partial charge on any atom is -0.458 e. The van der Waals surface area contributed by atoms with Crippen molar-refractivity contribution in [1.29, 1.82) is 0 Å². The molecular formula is C55H61NO7. The smallest absolute Gasteiger partial charge is 0.338 e. The van der Waals surface area contributed by atoms with Crippen LogP contribution in [-0.2, 0) is 26.0 Å². The lowest BCUT2D eigenvalue weighted by molar-refractivity contribution is 0.00211. The Hall–Kier alpha value is -5.76. The molecule has 8 nitrogen and oxygen atoms in total. The topological polar surface area (TPSA) is 105 Å². The molecule has 4 aliphatic carbocycles. The molecule has 4 aliphatic rings. The molecule has 4 aromatic rings. The first-order valence-electron chi connectivity index (χ1n) is 23.1. The minimum atomic E-state index is -0.637. The maximum atomic E-state index is 13.6. The molecular weight excluding hydrogens is 787 g/mol. The van der Waals surface area contributed by atoms with Gasteiger partial charge in [0, 0.05) is 19.3 Å². The van der Waals surface area contributed by atoms with E-state index >= 15 is 0 Å². The van der Waals surface area contributed by atoms with E-state index in [1.54, 1.807) is 36.4 Å². The molecule has 0 bridgehead atoms. The van der Waals surface area contributed by atoms with Crippen molar-refractivity contribution in [3.63, 3.8) is 0 Å². The number of oxazole rings is 1. The predicted octanol–water partition coefficient (Wildman–Crippen LogP) is 12.3. The van der Waals surface area contributed by atoms with Crippen molar-refractivity contribution in [2.75, 3.05) is 0 Å². The molecule has 1 heterocycles. The molecule has 4 saturated carbocycles. The maximum absolute atomic E-state index is 13.6. The molecule has 8 rings (SSSR count). The lowest BCUT2D eigenvalue weighted by Gasteiger charge is -2.44. The van der Waals surface area contributed by atoms with Gasteiger partial charge < -0.3 is 18.6 Å². The van der Waals surface area contributed by atoms with E-state index in [-0.39, 0.29) is 17.3 Å². The highest BCUT2D eigenvalue weighted by Crippen LogP contribution is 2.60. The van der Waals surface area contributed by atoms with Crippen LogP contribution in [0.1, 0.15) is 134 Å². The molecule has 0 N–H and O–H groups in total. The summed E-state index contributed by atoms with van der Waals surface area (Å²) in [5.41, 5.74) is 4.19. The molecule has 0 aliphatic heterocycles. The van der Waals surface area contributed by atoms with Crippen molar-refractivity contribution in [1.82, 2.24) is 4.98 Å². The largest absolute Gasteiger partial charge is 0.458 e. The Labute approximate surface area is 372 Å². The Bertz CT molecular complexity index is 2340. The second-order valence-corrected chi connectivity index (χ2v) is 18.5. The van der Waals surface area contributed by atoms with Crippen LogP contribution in [0.3, 0.4) is 0 Å². The molecule has 0 amide bonds. The zero-order chi connectivity index (χ0) is 44.0. The van der Waals surface area contributed by atoms with E-state index in [2.05, 4.69) is 51.7 Å². The van der Waals surface area contributed by atoms with Crippen LogP contribution in [0.2, 0.25) is 0 Å². The summed E-state index contributed by atoms with van der Waals surface area (Å²) in [4.78, 5) is 44.8. The Kier molecular flexibility index (Phi) is 13.5. The summed E-state index contributed by atoms with van der Waals surface area (Å²) in [7, 11) is 0. The first kappa shape index (κ1) is 43.9. The number of hydrogen-bond acceptors (Lipinski definition) is 8. The first-order chi connectivity index (χ1) is 30.6. The summed E-state index contributed by atoms with van der Waals surface area (Å²) in [5, 5.41) is 0. The number of benzene rings is 3. The average molecular weight is 848 g/mol. The number of esters is 3. The number of carbonyl (C=O) groups excluding carboxylic acids is 3. The van der Waals surface area contributed by atoms with Crippen molar-refractivity contribution in [2.24, 2.45) is 23.2 Å². The normalized spacial score (nSPS) is 26.2. The van der Waals surface area contributed by atoms with E-state index in [4.69, 9.17) is 23.6 Å². The SMILES string of the molecule is C=C1C(=CC=C2CCC[C@]3(C)[C@@H]([C@H](C)C=C[C@@H](OC(=O)c4ccccc4)C4(c5ncc(CCCC)o5)CC4)CC[C@@H]23)C[C@@H](OC(=O)c2ccccc2)C[C@@H]1OC(=O)c1ccccc1. The van der Waals surface area contributed by atoms with E-state index < -0.39 is 35.7 Å². The predicted molar refractivity (Wildman–Crippen MR) is 244 cm³/mol. The van der Waals surface area contributed by atoms with Gasteiger partial charge in [-0.05, 0) is 128 Å². The Balaban J connectivity index is 1.01. The number of aromatic nitrogens is 1. The minimum absolute atomic E-state index is 0.0850. The number of ether oxygens (including phenoxy) is 3. The Morgan fingerprint density at radius 1 is 0.841 bits per heavy atom. The van der Waals surface area contributed by atoms with Gasteiger partial charge in [0.2, 0.25) is 5.89 Å². The molecule has 328 valence electrons. The van der Waals surface area contributed by atoms with Gasteiger partial charge in [0.05, 0.1) is 28.3 Å². The highest BCUT2D eigenvalue weighted by Gasteiger charge is 2.56. The Morgan fingerprint density at radius 3 is 2.11 bits per heavy atom. The highest BCUT2D eigenvalue weighted by atomic mass is 16.6. The van der Waals surface area contributed by atoms with E-state index in [0.717, 1.165) is 81.1 Å². The maximum Gasteiger partial charge on any atom is 0.338 e. The van der Waals surface area contributed by atoms with Crippen LogP contribution in [0, 0.1) is 23.2 Å². The number of carbonyl (C=O) groups is 3. The quantitative estimate of drug-likeness (QED) is 0.0662. The number of fused-ring (bicyclic) bond motifs is 1. The third kappa shape index (κ3) is 9.75. The fourth-order valence-corrected chi connectivity index (χ4v) is 10.6. The molecule has 0 radical (unpaired) electrons. The van der Waals surface area contributed by atoms with E-state index in [1.165, 1.54) is 5.57 Å². The molecule has 8 heteroatoms. The molecule has 7 atom stereocenters. The van der Waals surface area contributed by atoms with Gasteiger partial charge in [-0.1, -0.05) is 112 Å². The van der Waals surface area contributed by atoms with Crippen molar-refractivity contribution in [2.45, 2.75) is 122 Å². The third-order valence-corrected chi connectivity index (χ3v) is 14.4. The van der Waals surface area contributed by atoms with Gasteiger partial charge in [-0.3, -0.25) is 0 Å². The molecule has 63 heavy (non-hydrogen) atoms. The average Bonchev–Trinajstić information content (AvgIpc) is 3.82. The second kappa shape index (κ2) is 19.3. The second-order valence-electron chi connectivity index (χ2n) is 18.5. The molecule has 0 saturated heterocycles. The van der Waals surface area contributed by atoms with Crippen LogP contribution in [0.25, 0.3) is 0 Å². The fraction of sp³-hybridized carbons (Fsp3) is 0.418. The lowest BCUT2D eigenvalue weighted by Crippen LogP contribution is -2.36. The zero-order valence-electron chi connectivity index (χ0n) is 37.0. The fourth-order valence-electron chi connectivity index (χ4n) is 10.6. The van der Waals surface area contributed by atoms with Gasteiger partial charge in [0.15, 0.2) is 0 Å². The van der Waals surface area contributed by atoms with Gasteiger partial charge in [-0.2, -0.15) is 0 Å². The van der Waals surface area contributed by atoms with E-state index in [0.29, 0.717) is 47.3 Å². The monoisotopic (exact) mass is 847 g/mol. The van der Waals surface area contributed by atoms with Crippen LogP contribution in [0.4, 0.5) is 0 Å². The lowest BCUT2D eigenvalue weighted by atomic mass is 9.61. The molecule has 1 aromatic heterocycles. The number of allylic oxidation sites excluding steroid dienone is 4. The van der Waals surface area contributed by atoms with Crippen molar-refractivity contribution < 1.29 is 33.0 Å². The molecule has 0 spiro atoms. The van der Waals surface area contributed by atoms with Crippen LogP contribution >= 0.6 is 0 Å². The number of unbranched alkanes of at least 4 members (excludes halogenated alkanes) is 1. The third-order valence-electron chi connectivity index (χ3n) is 14.4. The van der Waals surface area contributed by atoms with E-state index in [1.807, 2.05) is 60.8 Å². The van der Waals surface area contributed by atoms with Gasteiger partial charge in [0.1, 0.15) is 24.1 Å². The summed E-state index contributed by atoms with van der Waals surface area (Å²) in [6, 6.07) is 27.1. The zero-order valence-corrected chi connectivity index (χ0v) is 37.0. The van der Waals surface area contributed by atoms with Crippen LogP contribution in [-0.4, -0.2) is 41.2 Å². The van der Waals surface area contributed by atoms with Crippen molar-refractivity contribution in [3.8, 4) is 0 Å². The highest BCUT2D eigenvalue weighted by molar-refractivity contribution is 5.90. The van der Waals surface area contributed by atoms with Crippen molar-refractivity contribution >= 4 is 17.9 Å². The van der Waals surface area contributed by atoms with Crippen LogP contribution in [0.5, 0.6) is 0 Å². The summed E-state index contributed by atoms with van der Waals surface area (Å²) in [6.07, 6.45) is 20.0. The number of nitrogens with zero attached hydrogens (tertiary/aromatic N) is 1. The number of rotatable bonds is 15. The molecule has 0 unspecified atom stereocenters. The molecule has 4 fully saturated rings. The summed E-state index contributed by atoms with van der Waals surface area (Å²) < 4.78 is 24.8. The summed E-state index contributed by atoms with van der Waals surface area (Å²) >= 11 is 0. The van der Waals surface area contributed by atoms with Gasteiger partial charge in [0.25, 0.3) is 0 Å². The van der Waals surface area contributed by atoms with Crippen molar-refractivity contribution in [3.05, 3.63) is 173 Å². The van der Waals surface area contributed by atoms with Gasteiger partial charge in [-0.15, -0.1) is 0 Å². The van der Waals surface area contributed by atoms with Gasteiger partial charge in [-0.25, -0.2) is 19.4 Å². The van der Waals surface area contributed by atoms with Crippen LogP contribution in [0.15, 0.2) is 149 Å². The molecule has 3 aromatic carbocycles. The first-order valence-corrected chi connectivity index (χ1v) is 23.1. The number of aryl methyl sites for hydroxylation is 1.